The highest BCUT2D eigenvalue weighted by Crippen LogP contribution is 2.24. The molecular formula is C15H19BrClNO. The third kappa shape index (κ3) is 3.96. The molecule has 4 heteroatoms. The van der Waals surface area contributed by atoms with Gasteiger partial charge in [-0.2, -0.15) is 0 Å². The zero-order valence-corrected chi connectivity index (χ0v) is 13.5. The van der Waals surface area contributed by atoms with Gasteiger partial charge in [0.2, 0.25) is 0 Å². The summed E-state index contributed by atoms with van der Waals surface area (Å²) in [5.74, 6) is 0.0649. The molecule has 0 N–H and O–H groups in total. The summed E-state index contributed by atoms with van der Waals surface area (Å²) in [6.07, 6.45) is 7.26. The van der Waals surface area contributed by atoms with E-state index in [-0.39, 0.29) is 5.91 Å². The van der Waals surface area contributed by atoms with Crippen LogP contribution in [0.2, 0.25) is 5.02 Å². The van der Waals surface area contributed by atoms with Crippen LogP contribution in [0.4, 0.5) is 0 Å². The van der Waals surface area contributed by atoms with Crippen molar-refractivity contribution in [3.63, 3.8) is 0 Å². The van der Waals surface area contributed by atoms with Crippen LogP contribution in [0.5, 0.6) is 0 Å². The van der Waals surface area contributed by atoms with E-state index in [2.05, 4.69) is 15.9 Å². The van der Waals surface area contributed by atoms with Crippen molar-refractivity contribution in [1.82, 2.24) is 4.90 Å². The molecule has 0 aromatic heterocycles. The highest BCUT2D eigenvalue weighted by atomic mass is 79.9. The maximum atomic E-state index is 12.5. The van der Waals surface area contributed by atoms with E-state index < -0.39 is 0 Å². The fourth-order valence-electron chi connectivity index (χ4n) is 2.69. The lowest BCUT2D eigenvalue weighted by Crippen LogP contribution is -2.36. The van der Waals surface area contributed by atoms with Crippen molar-refractivity contribution in [2.75, 3.05) is 7.05 Å². The Hall–Kier alpha value is -0.540. The zero-order chi connectivity index (χ0) is 13.8. The van der Waals surface area contributed by atoms with E-state index in [0.29, 0.717) is 16.6 Å². The molecule has 0 spiro atoms. The Morgan fingerprint density at radius 1 is 1.21 bits per heavy atom. The van der Waals surface area contributed by atoms with Crippen LogP contribution in [-0.4, -0.2) is 23.9 Å². The summed E-state index contributed by atoms with van der Waals surface area (Å²) in [5, 5.41) is 0.590. The number of hydrogen-bond donors (Lipinski definition) is 0. The molecule has 104 valence electrons. The quantitative estimate of drug-likeness (QED) is 0.699. The minimum Gasteiger partial charge on any atom is -0.339 e. The van der Waals surface area contributed by atoms with Crippen molar-refractivity contribution in [2.24, 2.45) is 0 Å². The summed E-state index contributed by atoms with van der Waals surface area (Å²) in [6, 6.07) is 5.74. The van der Waals surface area contributed by atoms with Crippen LogP contribution in [0.25, 0.3) is 0 Å². The normalized spacial score (nSPS) is 17.0. The molecule has 0 unspecified atom stereocenters. The van der Waals surface area contributed by atoms with E-state index in [1.165, 1.54) is 25.7 Å². The number of nitrogens with zero attached hydrogens (tertiary/aromatic N) is 1. The number of halogens is 2. The standard InChI is InChI=1S/C15H19BrClNO/c1-18(14-6-4-2-3-5-7-14)15(19)11-8-12(16)10-13(17)9-11/h8-10,14H,2-7H2,1H3. The first-order valence-electron chi connectivity index (χ1n) is 6.81. The topological polar surface area (TPSA) is 20.3 Å². The summed E-state index contributed by atoms with van der Waals surface area (Å²) in [5.41, 5.74) is 0.658. The molecule has 0 saturated heterocycles. The van der Waals surface area contributed by atoms with E-state index >= 15 is 0 Å². The van der Waals surface area contributed by atoms with Crippen LogP contribution in [-0.2, 0) is 0 Å². The lowest BCUT2D eigenvalue weighted by Gasteiger charge is -2.27. The van der Waals surface area contributed by atoms with Gasteiger partial charge in [-0.25, -0.2) is 0 Å². The second-order valence-electron chi connectivity index (χ2n) is 5.22. The fourth-order valence-corrected chi connectivity index (χ4v) is 3.55. The molecule has 0 bridgehead atoms. The molecule has 2 rings (SSSR count). The SMILES string of the molecule is CN(C(=O)c1cc(Cl)cc(Br)c1)C1CCCCCC1. The van der Waals surface area contributed by atoms with Crippen molar-refractivity contribution in [2.45, 2.75) is 44.6 Å². The van der Waals surface area contributed by atoms with Crippen molar-refractivity contribution >= 4 is 33.4 Å². The van der Waals surface area contributed by atoms with Gasteiger partial charge in [-0.05, 0) is 31.0 Å². The minimum absolute atomic E-state index is 0.0649. The van der Waals surface area contributed by atoms with Crippen LogP contribution in [0, 0.1) is 0 Å². The molecule has 1 aromatic rings. The average molecular weight is 345 g/mol. The molecule has 0 heterocycles. The molecule has 1 aliphatic rings. The fraction of sp³-hybridized carbons (Fsp3) is 0.533. The van der Waals surface area contributed by atoms with Gasteiger partial charge in [0.05, 0.1) is 0 Å². The smallest absolute Gasteiger partial charge is 0.253 e. The van der Waals surface area contributed by atoms with Crippen molar-refractivity contribution < 1.29 is 4.79 Å². The van der Waals surface area contributed by atoms with Crippen molar-refractivity contribution in [1.29, 1.82) is 0 Å². The Morgan fingerprint density at radius 2 is 1.84 bits per heavy atom. The lowest BCUT2D eigenvalue weighted by atomic mass is 10.1. The van der Waals surface area contributed by atoms with Crippen LogP contribution in [0.3, 0.4) is 0 Å². The summed E-state index contributed by atoms with van der Waals surface area (Å²) in [7, 11) is 1.91. The van der Waals surface area contributed by atoms with E-state index in [1.54, 1.807) is 12.1 Å². The first-order chi connectivity index (χ1) is 9.08. The van der Waals surface area contributed by atoms with E-state index in [9.17, 15) is 4.79 Å². The largest absolute Gasteiger partial charge is 0.339 e. The van der Waals surface area contributed by atoms with Gasteiger partial charge in [0, 0.05) is 28.1 Å². The Morgan fingerprint density at radius 3 is 2.42 bits per heavy atom. The van der Waals surface area contributed by atoms with E-state index in [0.717, 1.165) is 17.3 Å². The summed E-state index contributed by atoms with van der Waals surface area (Å²) < 4.78 is 0.845. The van der Waals surface area contributed by atoms with Gasteiger partial charge in [0.1, 0.15) is 0 Å². The zero-order valence-electron chi connectivity index (χ0n) is 11.2. The molecule has 1 amide bonds. The number of carbonyl (C=O) groups is 1. The highest BCUT2D eigenvalue weighted by Gasteiger charge is 2.22. The van der Waals surface area contributed by atoms with Crippen LogP contribution >= 0.6 is 27.5 Å². The number of amides is 1. The second-order valence-corrected chi connectivity index (χ2v) is 6.57. The van der Waals surface area contributed by atoms with Crippen LogP contribution < -0.4 is 0 Å². The first kappa shape index (κ1) is 14.9. The van der Waals surface area contributed by atoms with Crippen LogP contribution in [0.15, 0.2) is 22.7 Å². The predicted molar refractivity (Wildman–Crippen MR) is 82.7 cm³/mol. The predicted octanol–water partition coefficient (Wildman–Crippen LogP) is 4.90. The number of hydrogen-bond acceptors (Lipinski definition) is 1. The maximum absolute atomic E-state index is 12.5. The van der Waals surface area contributed by atoms with E-state index in [4.69, 9.17) is 11.6 Å². The molecule has 0 aliphatic heterocycles. The molecule has 1 fully saturated rings. The molecule has 19 heavy (non-hydrogen) atoms. The molecular weight excluding hydrogens is 326 g/mol. The van der Waals surface area contributed by atoms with Gasteiger partial charge in [0.15, 0.2) is 0 Å². The lowest BCUT2D eigenvalue weighted by molar-refractivity contribution is 0.0717. The van der Waals surface area contributed by atoms with Gasteiger partial charge in [-0.3, -0.25) is 4.79 Å². The first-order valence-corrected chi connectivity index (χ1v) is 7.98. The average Bonchev–Trinajstić information content (AvgIpc) is 2.64. The number of carbonyl (C=O) groups excluding carboxylic acids is 1. The van der Waals surface area contributed by atoms with Crippen molar-refractivity contribution in [3.8, 4) is 0 Å². The van der Waals surface area contributed by atoms with Crippen LogP contribution in [0.1, 0.15) is 48.9 Å². The summed E-state index contributed by atoms with van der Waals surface area (Å²) >= 11 is 9.39. The van der Waals surface area contributed by atoms with Gasteiger partial charge in [-0.15, -0.1) is 0 Å². The van der Waals surface area contributed by atoms with Gasteiger partial charge < -0.3 is 4.90 Å². The summed E-state index contributed by atoms with van der Waals surface area (Å²) in [6.45, 7) is 0. The van der Waals surface area contributed by atoms with Gasteiger partial charge in [-0.1, -0.05) is 53.2 Å². The van der Waals surface area contributed by atoms with E-state index in [1.807, 2.05) is 18.0 Å². The maximum Gasteiger partial charge on any atom is 0.253 e. The number of rotatable bonds is 2. The van der Waals surface area contributed by atoms with Gasteiger partial charge in [0.25, 0.3) is 5.91 Å². The molecule has 1 saturated carbocycles. The van der Waals surface area contributed by atoms with Crippen molar-refractivity contribution in [3.05, 3.63) is 33.3 Å². The Balaban J connectivity index is 2.13. The molecule has 1 aromatic carbocycles. The molecule has 0 radical (unpaired) electrons. The third-order valence-corrected chi connectivity index (χ3v) is 4.48. The minimum atomic E-state index is 0.0649. The summed E-state index contributed by atoms with van der Waals surface area (Å²) in [4.78, 5) is 14.4. The monoisotopic (exact) mass is 343 g/mol. The Bertz CT molecular complexity index is 435. The second kappa shape index (κ2) is 6.76. The molecule has 1 aliphatic carbocycles. The molecule has 0 atom stereocenters. The third-order valence-electron chi connectivity index (χ3n) is 3.80. The number of benzene rings is 1. The van der Waals surface area contributed by atoms with Gasteiger partial charge >= 0.3 is 0 Å². The molecule has 2 nitrogen and oxygen atoms in total. The Labute approximate surface area is 128 Å². The highest BCUT2D eigenvalue weighted by molar-refractivity contribution is 9.10. The Kier molecular flexibility index (Phi) is 5.28.